The number of rotatable bonds is 3. The number of aliphatic carboxylic acids is 1. The maximum atomic E-state index is 13.1. The first-order valence-corrected chi connectivity index (χ1v) is 4.99. The van der Waals surface area contributed by atoms with Gasteiger partial charge in [0, 0.05) is 5.56 Å². The molecular formula is C12H10FNO3. The summed E-state index contributed by atoms with van der Waals surface area (Å²) in [6, 6.07) is 4.47. The van der Waals surface area contributed by atoms with Gasteiger partial charge in [-0.15, -0.1) is 0 Å². The molecular weight excluding hydrogens is 225 g/mol. The van der Waals surface area contributed by atoms with Gasteiger partial charge in [0.25, 0.3) is 0 Å². The number of halogens is 1. The second-order valence-corrected chi connectivity index (χ2v) is 3.68. The molecule has 0 unspecified atom stereocenters. The van der Waals surface area contributed by atoms with Crippen LogP contribution in [-0.4, -0.2) is 16.1 Å². The van der Waals surface area contributed by atoms with Crippen molar-refractivity contribution in [2.24, 2.45) is 0 Å². The van der Waals surface area contributed by atoms with Gasteiger partial charge in [-0.25, -0.2) is 9.37 Å². The lowest BCUT2D eigenvalue weighted by Crippen LogP contribution is -1.99. The fourth-order valence-electron chi connectivity index (χ4n) is 1.45. The van der Waals surface area contributed by atoms with Crippen molar-refractivity contribution in [2.45, 2.75) is 13.3 Å². The lowest BCUT2D eigenvalue weighted by molar-refractivity contribution is -0.136. The second-order valence-electron chi connectivity index (χ2n) is 3.68. The van der Waals surface area contributed by atoms with Crippen LogP contribution >= 0.6 is 0 Å². The third kappa shape index (κ3) is 2.50. The van der Waals surface area contributed by atoms with Crippen LogP contribution in [0.25, 0.3) is 11.5 Å². The molecule has 0 bridgehead atoms. The molecule has 1 aromatic heterocycles. The van der Waals surface area contributed by atoms with Crippen LogP contribution in [0.1, 0.15) is 11.3 Å². The number of carboxylic acids is 1. The van der Waals surface area contributed by atoms with Crippen LogP contribution in [0.4, 0.5) is 4.39 Å². The van der Waals surface area contributed by atoms with E-state index in [9.17, 15) is 9.18 Å². The Morgan fingerprint density at radius 2 is 2.29 bits per heavy atom. The van der Waals surface area contributed by atoms with Gasteiger partial charge in [0.05, 0.1) is 12.1 Å². The molecule has 1 heterocycles. The van der Waals surface area contributed by atoms with E-state index in [0.717, 1.165) is 0 Å². The maximum absolute atomic E-state index is 13.1. The van der Waals surface area contributed by atoms with Crippen LogP contribution in [-0.2, 0) is 11.2 Å². The van der Waals surface area contributed by atoms with E-state index in [1.807, 2.05) is 0 Å². The van der Waals surface area contributed by atoms with Gasteiger partial charge in [0.2, 0.25) is 5.89 Å². The summed E-state index contributed by atoms with van der Waals surface area (Å²) in [7, 11) is 0. The number of nitrogens with zero attached hydrogens (tertiary/aromatic N) is 1. The largest absolute Gasteiger partial charge is 0.481 e. The Balaban J connectivity index is 2.30. The van der Waals surface area contributed by atoms with Crippen molar-refractivity contribution in [1.82, 2.24) is 4.98 Å². The SMILES string of the molecule is Cc1cc(-c2nc(CC(=O)O)co2)ccc1F. The number of oxazole rings is 1. The molecule has 0 atom stereocenters. The van der Waals surface area contributed by atoms with Gasteiger partial charge in [-0.1, -0.05) is 0 Å². The third-order valence-electron chi connectivity index (χ3n) is 2.29. The normalized spacial score (nSPS) is 10.5. The summed E-state index contributed by atoms with van der Waals surface area (Å²) in [4.78, 5) is 14.5. The van der Waals surface area contributed by atoms with Gasteiger partial charge in [-0.2, -0.15) is 0 Å². The minimum atomic E-state index is -0.972. The predicted octanol–water partition coefficient (Wildman–Crippen LogP) is 2.42. The molecule has 88 valence electrons. The van der Waals surface area contributed by atoms with E-state index in [4.69, 9.17) is 9.52 Å². The Kier molecular flexibility index (Phi) is 2.91. The summed E-state index contributed by atoms with van der Waals surface area (Å²) in [5.74, 6) is -0.976. The highest BCUT2D eigenvalue weighted by Crippen LogP contribution is 2.21. The molecule has 2 aromatic rings. The summed E-state index contributed by atoms with van der Waals surface area (Å²) >= 11 is 0. The van der Waals surface area contributed by atoms with E-state index in [-0.39, 0.29) is 12.2 Å². The fourth-order valence-corrected chi connectivity index (χ4v) is 1.45. The molecule has 0 aliphatic rings. The molecule has 0 aliphatic heterocycles. The van der Waals surface area contributed by atoms with Crippen LogP contribution in [0.3, 0.4) is 0 Å². The van der Waals surface area contributed by atoms with Crippen LogP contribution < -0.4 is 0 Å². The Morgan fingerprint density at radius 3 is 2.94 bits per heavy atom. The average molecular weight is 235 g/mol. The standard InChI is InChI=1S/C12H10FNO3/c1-7-4-8(2-3-10(7)13)12-14-9(6-17-12)5-11(15)16/h2-4,6H,5H2,1H3,(H,15,16). The molecule has 4 nitrogen and oxygen atoms in total. The Morgan fingerprint density at radius 1 is 1.53 bits per heavy atom. The smallest absolute Gasteiger partial charge is 0.309 e. The molecule has 0 saturated heterocycles. The molecule has 0 spiro atoms. The van der Waals surface area contributed by atoms with E-state index < -0.39 is 5.97 Å². The van der Waals surface area contributed by atoms with Crippen molar-refractivity contribution in [3.63, 3.8) is 0 Å². The zero-order chi connectivity index (χ0) is 12.4. The molecule has 5 heteroatoms. The Labute approximate surface area is 96.7 Å². The molecule has 1 aromatic carbocycles. The zero-order valence-electron chi connectivity index (χ0n) is 9.11. The fraction of sp³-hybridized carbons (Fsp3) is 0.167. The van der Waals surface area contributed by atoms with E-state index in [2.05, 4.69) is 4.98 Å². The zero-order valence-corrected chi connectivity index (χ0v) is 9.11. The monoisotopic (exact) mass is 235 g/mol. The van der Waals surface area contributed by atoms with E-state index >= 15 is 0 Å². The Bertz CT molecular complexity index is 563. The average Bonchev–Trinajstić information content (AvgIpc) is 2.69. The highest BCUT2D eigenvalue weighted by Gasteiger charge is 2.10. The van der Waals surface area contributed by atoms with Crippen molar-refractivity contribution in [1.29, 1.82) is 0 Å². The predicted molar refractivity (Wildman–Crippen MR) is 58.0 cm³/mol. The molecule has 2 rings (SSSR count). The van der Waals surface area contributed by atoms with Gasteiger partial charge in [-0.05, 0) is 30.7 Å². The summed E-state index contributed by atoms with van der Waals surface area (Å²) < 4.78 is 18.2. The van der Waals surface area contributed by atoms with Gasteiger partial charge >= 0.3 is 5.97 Å². The van der Waals surface area contributed by atoms with Crippen LogP contribution in [0.15, 0.2) is 28.9 Å². The van der Waals surface area contributed by atoms with Crippen LogP contribution in [0.2, 0.25) is 0 Å². The van der Waals surface area contributed by atoms with Crippen molar-refractivity contribution in [2.75, 3.05) is 0 Å². The molecule has 0 saturated carbocycles. The van der Waals surface area contributed by atoms with Gasteiger partial charge in [0.1, 0.15) is 12.1 Å². The summed E-state index contributed by atoms with van der Waals surface area (Å²) in [6.45, 7) is 1.64. The first-order chi connectivity index (χ1) is 8.06. The number of aromatic nitrogens is 1. The third-order valence-corrected chi connectivity index (χ3v) is 2.29. The Hall–Kier alpha value is -2.17. The topological polar surface area (TPSA) is 63.3 Å². The van der Waals surface area contributed by atoms with Crippen LogP contribution in [0.5, 0.6) is 0 Å². The molecule has 0 fully saturated rings. The molecule has 17 heavy (non-hydrogen) atoms. The molecule has 0 radical (unpaired) electrons. The highest BCUT2D eigenvalue weighted by molar-refractivity contribution is 5.69. The molecule has 0 amide bonds. The number of aryl methyl sites for hydroxylation is 1. The first-order valence-electron chi connectivity index (χ1n) is 4.99. The molecule has 0 aliphatic carbocycles. The van der Waals surface area contributed by atoms with Crippen molar-refractivity contribution >= 4 is 5.97 Å². The number of hydrogen-bond donors (Lipinski definition) is 1. The van der Waals surface area contributed by atoms with E-state index in [1.165, 1.54) is 12.3 Å². The van der Waals surface area contributed by atoms with Crippen molar-refractivity contribution < 1.29 is 18.7 Å². The first kappa shape index (κ1) is 11.3. The number of carbonyl (C=O) groups is 1. The van der Waals surface area contributed by atoms with Crippen molar-refractivity contribution in [3.8, 4) is 11.5 Å². The lowest BCUT2D eigenvalue weighted by Gasteiger charge is -1.98. The minimum absolute atomic E-state index is 0.191. The van der Waals surface area contributed by atoms with E-state index in [1.54, 1.807) is 19.1 Å². The van der Waals surface area contributed by atoms with Gasteiger partial charge < -0.3 is 9.52 Å². The highest BCUT2D eigenvalue weighted by atomic mass is 19.1. The van der Waals surface area contributed by atoms with Gasteiger partial charge in [-0.3, -0.25) is 4.79 Å². The second kappa shape index (κ2) is 4.37. The van der Waals surface area contributed by atoms with Crippen LogP contribution in [0, 0.1) is 12.7 Å². The van der Waals surface area contributed by atoms with Gasteiger partial charge in [0.15, 0.2) is 0 Å². The van der Waals surface area contributed by atoms with Crippen molar-refractivity contribution in [3.05, 3.63) is 41.5 Å². The lowest BCUT2D eigenvalue weighted by atomic mass is 10.1. The number of carboxylic acid groups (broad SMARTS) is 1. The quantitative estimate of drug-likeness (QED) is 0.887. The molecule has 1 N–H and O–H groups in total. The number of benzene rings is 1. The summed E-state index contributed by atoms with van der Waals surface area (Å²) in [6.07, 6.45) is 1.10. The maximum Gasteiger partial charge on any atom is 0.309 e. The van der Waals surface area contributed by atoms with E-state index in [0.29, 0.717) is 22.7 Å². The number of hydrogen-bond acceptors (Lipinski definition) is 3. The minimum Gasteiger partial charge on any atom is -0.481 e. The summed E-state index contributed by atoms with van der Waals surface area (Å²) in [5.41, 5.74) is 1.45. The summed E-state index contributed by atoms with van der Waals surface area (Å²) in [5, 5.41) is 8.60.